The lowest BCUT2D eigenvalue weighted by Crippen LogP contribution is -2.49. The van der Waals surface area contributed by atoms with E-state index in [2.05, 4.69) is 22.4 Å². The third-order valence-corrected chi connectivity index (χ3v) is 5.02. The third kappa shape index (κ3) is 4.99. The Bertz CT molecular complexity index is 532. The number of rotatable bonds is 7. The minimum atomic E-state index is -0.372. The van der Waals surface area contributed by atoms with Crippen LogP contribution in [0, 0.1) is 0 Å². The molecular formula is C16H26N4O2S. The molecule has 0 spiro atoms. The van der Waals surface area contributed by atoms with Crippen LogP contribution in [0.25, 0.3) is 0 Å². The van der Waals surface area contributed by atoms with Crippen LogP contribution in [0.5, 0.6) is 0 Å². The Kier molecular flexibility index (Phi) is 6.95. The second-order valence-corrected chi connectivity index (χ2v) is 6.96. The smallest absolute Gasteiger partial charge is 0.249 e. The maximum atomic E-state index is 12.5. The molecule has 2 amide bonds. The molecule has 1 aliphatic rings. The Labute approximate surface area is 141 Å². The molecule has 1 aliphatic heterocycles. The Balaban J connectivity index is 1.93. The number of carbonyl (C=O) groups excluding carboxylic acids is 2. The predicted octanol–water partition coefficient (Wildman–Crippen LogP) is 3.00. The molecule has 1 unspecified atom stereocenters. The number of likely N-dealkylation sites (tertiary alicyclic amines) is 1. The molecule has 1 atom stereocenters. The molecule has 128 valence electrons. The normalized spacial score (nSPS) is 18.0. The number of aryl methyl sites for hydroxylation is 1. The number of amides is 2. The van der Waals surface area contributed by atoms with Crippen LogP contribution in [-0.2, 0) is 16.0 Å². The zero-order valence-corrected chi connectivity index (χ0v) is 14.8. The summed E-state index contributed by atoms with van der Waals surface area (Å²) in [6, 6.07) is -0.372. The van der Waals surface area contributed by atoms with Crippen molar-refractivity contribution >= 4 is 28.3 Å². The largest absolute Gasteiger partial charge is 0.331 e. The van der Waals surface area contributed by atoms with Crippen molar-refractivity contribution in [2.45, 2.75) is 71.3 Å². The summed E-state index contributed by atoms with van der Waals surface area (Å²) < 4.78 is 0. The van der Waals surface area contributed by atoms with Gasteiger partial charge in [-0.25, -0.2) is 0 Å². The van der Waals surface area contributed by atoms with Gasteiger partial charge in [-0.3, -0.25) is 14.9 Å². The van der Waals surface area contributed by atoms with E-state index in [0.717, 1.165) is 37.1 Å². The van der Waals surface area contributed by atoms with Crippen molar-refractivity contribution in [3.05, 3.63) is 5.01 Å². The van der Waals surface area contributed by atoms with Gasteiger partial charge in [0.1, 0.15) is 11.0 Å². The van der Waals surface area contributed by atoms with Crippen LogP contribution in [-0.4, -0.2) is 39.5 Å². The molecule has 23 heavy (non-hydrogen) atoms. The molecule has 1 aromatic rings. The molecule has 1 saturated heterocycles. The van der Waals surface area contributed by atoms with E-state index >= 15 is 0 Å². The minimum absolute atomic E-state index is 0.0439. The van der Waals surface area contributed by atoms with E-state index in [9.17, 15) is 9.59 Å². The number of nitrogens with zero attached hydrogens (tertiary/aromatic N) is 3. The van der Waals surface area contributed by atoms with Crippen molar-refractivity contribution in [3.63, 3.8) is 0 Å². The van der Waals surface area contributed by atoms with Gasteiger partial charge in [-0.05, 0) is 25.7 Å². The maximum Gasteiger partial charge on any atom is 0.249 e. The Morgan fingerprint density at radius 2 is 2.09 bits per heavy atom. The lowest BCUT2D eigenvalue weighted by atomic mass is 10.0. The zero-order chi connectivity index (χ0) is 16.7. The number of aromatic nitrogens is 2. The molecule has 1 fully saturated rings. The average molecular weight is 338 g/mol. The summed E-state index contributed by atoms with van der Waals surface area (Å²) in [5.74, 6) is -0.0925. The highest BCUT2D eigenvalue weighted by molar-refractivity contribution is 7.15. The number of nitrogens with one attached hydrogen (secondary N) is 1. The molecule has 7 heteroatoms. The zero-order valence-electron chi connectivity index (χ0n) is 14.0. The minimum Gasteiger partial charge on any atom is -0.331 e. The maximum absolute atomic E-state index is 12.5. The summed E-state index contributed by atoms with van der Waals surface area (Å²) in [6.45, 7) is 4.67. The van der Waals surface area contributed by atoms with Crippen LogP contribution >= 0.6 is 11.3 Å². The van der Waals surface area contributed by atoms with E-state index < -0.39 is 0 Å². The van der Waals surface area contributed by atoms with Crippen LogP contribution in [0.3, 0.4) is 0 Å². The van der Waals surface area contributed by atoms with E-state index in [0.29, 0.717) is 18.1 Å². The monoisotopic (exact) mass is 338 g/mol. The third-order valence-electron chi connectivity index (χ3n) is 4.12. The summed E-state index contributed by atoms with van der Waals surface area (Å²) >= 11 is 1.43. The van der Waals surface area contributed by atoms with Gasteiger partial charge < -0.3 is 4.90 Å². The fraction of sp³-hybridized carbons (Fsp3) is 0.750. The molecule has 0 saturated carbocycles. The number of hydrogen-bond acceptors (Lipinski definition) is 5. The molecule has 1 N–H and O–H groups in total. The summed E-state index contributed by atoms with van der Waals surface area (Å²) in [4.78, 5) is 26.2. The number of hydrogen-bond donors (Lipinski definition) is 1. The van der Waals surface area contributed by atoms with Gasteiger partial charge >= 0.3 is 0 Å². The first-order valence-electron chi connectivity index (χ1n) is 8.58. The van der Waals surface area contributed by atoms with Gasteiger partial charge in [0.25, 0.3) is 0 Å². The standard InChI is InChI=1S/C16H26N4O2S/c1-3-5-6-10-13-18-19-16(23-13)17-15(22)12-9-7-8-11-20(12)14(21)4-2/h12H,3-11H2,1-2H3,(H,17,19,22). The molecule has 2 heterocycles. The first-order chi connectivity index (χ1) is 11.2. The van der Waals surface area contributed by atoms with Crippen molar-refractivity contribution in [3.8, 4) is 0 Å². The lowest BCUT2D eigenvalue weighted by Gasteiger charge is -2.34. The fourth-order valence-electron chi connectivity index (χ4n) is 2.83. The Morgan fingerprint density at radius 3 is 2.83 bits per heavy atom. The predicted molar refractivity (Wildman–Crippen MR) is 91.4 cm³/mol. The fourth-order valence-corrected chi connectivity index (χ4v) is 3.61. The van der Waals surface area contributed by atoms with Crippen LogP contribution in [0.1, 0.15) is 63.8 Å². The summed E-state index contributed by atoms with van der Waals surface area (Å²) in [5, 5.41) is 12.5. The van der Waals surface area contributed by atoms with Crippen LogP contribution in [0.2, 0.25) is 0 Å². The summed E-state index contributed by atoms with van der Waals surface area (Å²) in [7, 11) is 0. The van der Waals surface area contributed by atoms with Gasteiger partial charge in [0.2, 0.25) is 16.9 Å². The SMILES string of the molecule is CCCCCc1nnc(NC(=O)C2CCCCN2C(=O)CC)s1. The van der Waals surface area contributed by atoms with Crippen molar-refractivity contribution in [2.24, 2.45) is 0 Å². The van der Waals surface area contributed by atoms with Gasteiger partial charge in [-0.15, -0.1) is 10.2 Å². The average Bonchev–Trinajstić information content (AvgIpc) is 3.01. The van der Waals surface area contributed by atoms with E-state index in [1.165, 1.54) is 24.2 Å². The molecule has 1 aromatic heterocycles. The van der Waals surface area contributed by atoms with Gasteiger partial charge in [-0.2, -0.15) is 0 Å². The van der Waals surface area contributed by atoms with Crippen molar-refractivity contribution in [1.82, 2.24) is 15.1 Å². The Hall–Kier alpha value is -1.50. The van der Waals surface area contributed by atoms with Gasteiger partial charge in [0.05, 0.1) is 0 Å². The molecule has 6 nitrogen and oxygen atoms in total. The van der Waals surface area contributed by atoms with Crippen LogP contribution in [0.4, 0.5) is 5.13 Å². The van der Waals surface area contributed by atoms with E-state index in [1.54, 1.807) is 4.90 Å². The van der Waals surface area contributed by atoms with Crippen LogP contribution < -0.4 is 5.32 Å². The second-order valence-electron chi connectivity index (χ2n) is 5.90. The number of carbonyl (C=O) groups is 2. The van der Waals surface area contributed by atoms with Crippen molar-refractivity contribution in [1.29, 1.82) is 0 Å². The molecular weight excluding hydrogens is 312 g/mol. The molecule has 0 aromatic carbocycles. The van der Waals surface area contributed by atoms with Crippen LogP contribution in [0.15, 0.2) is 0 Å². The number of piperidine rings is 1. The lowest BCUT2D eigenvalue weighted by molar-refractivity contribution is -0.140. The topological polar surface area (TPSA) is 75.2 Å². The van der Waals surface area contributed by atoms with E-state index in [4.69, 9.17) is 0 Å². The van der Waals surface area contributed by atoms with Gasteiger partial charge in [-0.1, -0.05) is 38.0 Å². The van der Waals surface area contributed by atoms with E-state index in [1.807, 2.05) is 6.92 Å². The second kappa shape index (κ2) is 8.96. The highest BCUT2D eigenvalue weighted by Crippen LogP contribution is 2.22. The molecule has 2 rings (SSSR count). The number of anilines is 1. The molecule has 0 aliphatic carbocycles. The first kappa shape index (κ1) is 17.8. The van der Waals surface area contributed by atoms with Gasteiger partial charge in [0.15, 0.2) is 0 Å². The molecule has 0 bridgehead atoms. The first-order valence-corrected chi connectivity index (χ1v) is 9.40. The highest BCUT2D eigenvalue weighted by Gasteiger charge is 2.31. The van der Waals surface area contributed by atoms with Crippen molar-refractivity contribution < 1.29 is 9.59 Å². The molecule has 0 radical (unpaired) electrons. The van der Waals surface area contributed by atoms with Gasteiger partial charge in [0, 0.05) is 19.4 Å². The summed E-state index contributed by atoms with van der Waals surface area (Å²) in [5.41, 5.74) is 0. The number of unbranched alkanes of at least 4 members (excludes halogenated alkanes) is 2. The van der Waals surface area contributed by atoms with Crippen molar-refractivity contribution in [2.75, 3.05) is 11.9 Å². The quantitative estimate of drug-likeness (QED) is 0.776. The summed E-state index contributed by atoms with van der Waals surface area (Å²) in [6.07, 6.45) is 7.46. The Morgan fingerprint density at radius 1 is 1.26 bits per heavy atom. The van der Waals surface area contributed by atoms with E-state index in [-0.39, 0.29) is 17.9 Å². The highest BCUT2D eigenvalue weighted by atomic mass is 32.1.